The molecule has 0 bridgehead atoms. The topological polar surface area (TPSA) is 71.3 Å². The number of ether oxygens (including phenoxy) is 2. The minimum Gasteiger partial charge on any atom is -0.493 e. The van der Waals surface area contributed by atoms with E-state index < -0.39 is 23.9 Å². The number of para-hydroxylation sites is 1. The summed E-state index contributed by atoms with van der Waals surface area (Å²) in [5, 5.41) is 11.4. The van der Waals surface area contributed by atoms with Gasteiger partial charge in [0.2, 0.25) is 0 Å². The maximum atomic E-state index is 13.2. The molecule has 0 aliphatic rings. The number of hydrogen-bond donors (Lipinski definition) is 1. The quantitative estimate of drug-likeness (QED) is 0.570. The van der Waals surface area contributed by atoms with E-state index in [9.17, 15) is 23.2 Å². The third-order valence-corrected chi connectivity index (χ3v) is 3.57. The van der Waals surface area contributed by atoms with Crippen LogP contribution in [-0.2, 0) is 4.79 Å². The molecule has 2 rings (SSSR count). The van der Waals surface area contributed by atoms with Crippen LogP contribution in [0.15, 0.2) is 42.0 Å². The second-order valence-electron chi connectivity index (χ2n) is 5.01. The van der Waals surface area contributed by atoms with Crippen molar-refractivity contribution >= 4 is 29.3 Å². The first-order chi connectivity index (χ1) is 12.8. The van der Waals surface area contributed by atoms with E-state index in [0.29, 0.717) is 0 Å². The van der Waals surface area contributed by atoms with Gasteiger partial charge in [0.25, 0.3) is 5.91 Å². The number of methoxy groups -OCH3 is 1. The lowest BCUT2D eigenvalue weighted by Gasteiger charge is -2.12. The Morgan fingerprint density at radius 2 is 2.07 bits per heavy atom. The third-order valence-electron chi connectivity index (χ3n) is 3.28. The summed E-state index contributed by atoms with van der Waals surface area (Å²) in [6.45, 7) is -3.13. The van der Waals surface area contributed by atoms with E-state index in [0.717, 1.165) is 12.1 Å². The lowest BCUT2D eigenvalue weighted by atomic mass is 10.1. The number of carbonyl (C=O) groups is 1. The van der Waals surface area contributed by atoms with Crippen LogP contribution in [0.4, 0.5) is 18.9 Å². The molecule has 0 saturated carbocycles. The number of rotatable bonds is 6. The van der Waals surface area contributed by atoms with E-state index in [2.05, 4.69) is 10.1 Å². The number of hydrogen-bond acceptors (Lipinski definition) is 4. The van der Waals surface area contributed by atoms with Gasteiger partial charge in [-0.15, -0.1) is 0 Å². The van der Waals surface area contributed by atoms with Gasteiger partial charge in [-0.2, -0.15) is 14.0 Å². The van der Waals surface area contributed by atoms with Crippen LogP contribution in [0.5, 0.6) is 11.5 Å². The molecule has 2 aromatic rings. The van der Waals surface area contributed by atoms with Crippen molar-refractivity contribution in [3.8, 4) is 17.6 Å². The number of alkyl halides is 2. The summed E-state index contributed by atoms with van der Waals surface area (Å²) in [6.07, 6.45) is 1.07. The lowest BCUT2D eigenvalue weighted by molar-refractivity contribution is -0.112. The highest BCUT2D eigenvalue weighted by molar-refractivity contribution is 6.31. The smallest absolute Gasteiger partial charge is 0.387 e. The van der Waals surface area contributed by atoms with Crippen molar-refractivity contribution in [2.75, 3.05) is 12.4 Å². The zero-order chi connectivity index (χ0) is 20.0. The molecule has 2 aromatic carbocycles. The Balaban J connectivity index is 2.36. The first kappa shape index (κ1) is 20.1. The highest BCUT2D eigenvalue weighted by atomic mass is 35.5. The van der Waals surface area contributed by atoms with Gasteiger partial charge in [-0.3, -0.25) is 4.79 Å². The van der Waals surface area contributed by atoms with Gasteiger partial charge in [-0.1, -0.05) is 23.7 Å². The molecule has 0 saturated heterocycles. The van der Waals surface area contributed by atoms with Crippen molar-refractivity contribution in [3.63, 3.8) is 0 Å². The van der Waals surface area contributed by atoms with E-state index in [1.54, 1.807) is 6.07 Å². The van der Waals surface area contributed by atoms with Gasteiger partial charge in [0.15, 0.2) is 11.5 Å². The van der Waals surface area contributed by atoms with Crippen molar-refractivity contribution in [2.45, 2.75) is 6.61 Å². The predicted octanol–water partition coefficient (Wildman–Crippen LogP) is 4.63. The first-order valence-corrected chi connectivity index (χ1v) is 7.73. The fraction of sp³-hybridized carbons (Fsp3) is 0.111. The zero-order valence-corrected chi connectivity index (χ0v) is 14.6. The fourth-order valence-electron chi connectivity index (χ4n) is 2.10. The number of anilines is 1. The Morgan fingerprint density at radius 3 is 2.67 bits per heavy atom. The van der Waals surface area contributed by atoms with Crippen molar-refractivity contribution in [1.82, 2.24) is 0 Å². The summed E-state index contributed by atoms with van der Waals surface area (Å²) < 4.78 is 47.9. The summed E-state index contributed by atoms with van der Waals surface area (Å²) in [6, 6.07) is 9.39. The van der Waals surface area contributed by atoms with Gasteiger partial charge < -0.3 is 14.8 Å². The van der Waals surface area contributed by atoms with Crippen LogP contribution in [0.25, 0.3) is 6.08 Å². The standard InChI is InChI=1S/C18H12ClF3N2O3/c1-26-15-4-2-3-10(16(15)27-18(21)22)7-11(9-23)17(25)24-12-5-6-14(20)13(19)8-12/h2-8,18H,1H3,(H,24,25)/b11-7+. The van der Waals surface area contributed by atoms with E-state index in [-0.39, 0.29) is 27.8 Å². The molecule has 0 heterocycles. The van der Waals surface area contributed by atoms with E-state index in [4.69, 9.17) is 16.3 Å². The van der Waals surface area contributed by atoms with Gasteiger partial charge in [0.05, 0.1) is 12.1 Å². The largest absolute Gasteiger partial charge is 0.493 e. The van der Waals surface area contributed by atoms with Crippen molar-refractivity contribution < 1.29 is 27.4 Å². The number of amides is 1. The number of nitriles is 1. The lowest BCUT2D eigenvalue weighted by Crippen LogP contribution is -2.13. The van der Waals surface area contributed by atoms with Gasteiger partial charge >= 0.3 is 6.61 Å². The van der Waals surface area contributed by atoms with Crippen LogP contribution in [0.3, 0.4) is 0 Å². The summed E-state index contributed by atoms with van der Waals surface area (Å²) in [5.41, 5.74) is -0.205. The molecule has 0 aliphatic carbocycles. The predicted molar refractivity (Wildman–Crippen MR) is 93.3 cm³/mol. The van der Waals surface area contributed by atoms with E-state index in [1.165, 1.54) is 37.4 Å². The second-order valence-corrected chi connectivity index (χ2v) is 5.42. The SMILES string of the molecule is COc1cccc(/C=C(\C#N)C(=O)Nc2ccc(F)c(Cl)c2)c1OC(F)F. The van der Waals surface area contributed by atoms with Crippen LogP contribution in [0.1, 0.15) is 5.56 Å². The minimum absolute atomic E-state index is 0.00654. The summed E-state index contributed by atoms with van der Waals surface area (Å²) in [7, 11) is 1.26. The normalized spacial score (nSPS) is 11.1. The van der Waals surface area contributed by atoms with Gasteiger partial charge in [-0.05, 0) is 30.3 Å². The van der Waals surface area contributed by atoms with Crippen LogP contribution < -0.4 is 14.8 Å². The molecular formula is C18H12ClF3N2O3. The highest BCUT2D eigenvalue weighted by Gasteiger charge is 2.17. The summed E-state index contributed by atoms with van der Waals surface area (Å²) in [5.74, 6) is -1.82. The first-order valence-electron chi connectivity index (χ1n) is 7.35. The number of benzene rings is 2. The molecule has 0 fully saturated rings. The molecule has 9 heteroatoms. The maximum absolute atomic E-state index is 13.2. The third kappa shape index (κ3) is 5.15. The Labute approximate surface area is 157 Å². The van der Waals surface area contributed by atoms with Crippen molar-refractivity contribution in [1.29, 1.82) is 5.26 Å². The molecule has 0 spiro atoms. The molecule has 5 nitrogen and oxygen atoms in total. The molecule has 27 heavy (non-hydrogen) atoms. The average Bonchev–Trinajstić information content (AvgIpc) is 2.63. The Bertz CT molecular complexity index is 927. The molecule has 140 valence electrons. The number of nitrogens with zero attached hydrogens (tertiary/aromatic N) is 1. The number of carbonyl (C=O) groups excluding carboxylic acids is 1. The molecular weight excluding hydrogens is 385 g/mol. The van der Waals surface area contributed by atoms with E-state index >= 15 is 0 Å². The van der Waals surface area contributed by atoms with E-state index in [1.807, 2.05) is 0 Å². The Morgan fingerprint density at radius 1 is 1.33 bits per heavy atom. The van der Waals surface area contributed by atoms with Crippen molar-refractivity contribution in [3.05, 3.63) is 58.4 Å². The molecule has 0 unspecified atom stereocenters. The van der Waals surface area contributed by atoms with Crippen LogP contribution in [-0.4, -0.2) is 19.6 Å². The fourth-order valence-corrected chi connectivity index (χ4v) is 2.28. The van der Waals surface area contributed by atoms with Crippen molar-refractivity contribution in [2.24, 2.45) is 0 Å². The van der Waals surface area contributed by atoms with Gasteiger partial charge in [-0.25, -0.2) is 4.39 Å². The monoisotopic (exact) mass is 396 g/mol. The summed E-state index contributed by atoms with van der Waals surface area (Å²) in [4.78, 5) is 12.3. The molecule has 1 amide bonds. The van der Waals surface area contributed by atoms with Crippen LogP contribution >= 0.6 is 11.6 Å². The number of halogens is 4. The second kappa shape index (κ2) is 8.96. The summed E-state index contributed by atoms with van der Waals surface area (Å²) >= 11 is 5.64. The molecule has 0 atom stereocenters. The Hall–Kier alpha value is -3.18. The minimum atomic E-state index is -3.13. The molecule has 0 aliphatic heterocycles. The zero-order valence-electron chi connectivity index (χ0n) is 13.8. The van der Waals surface area contributed by atoms with Crippen LogP contribution in [0.2, 0.25) is 5.02 Å². The number of nitrogens with one attached hydrogen (secondary N) is 1. The van der Waals surface area contributed by atoms with Gasteiger partial charge in [0.1, 0.15) is 17.5 Å². The van der Waals surface area contributed by atoms with Crippen LogP contribution in [0, 0.1) is 17.1 Å². The highest BCUT2D eigenvalue weighted by Crippen LogP contribution is 2.34. The molecule has 0 aromatic heterocycles. The molecule has 0 radical (unpaired) electrons. The average molecular weight is 397 g/mol. The Kier molecular flexibility index (Phi) is 6.68. The maximum Gasteiger partial charge on any atom is 0.387 e. The van der Waals surface area contributed by atoms with Gasteiger partial charge in [0, 0.05) is 11.3 Å². The molecule has 1 N–H and O–H groups in total.